The Morgan fingerprint density at radius 3 is 2.92 bits per heavy atom. The second kappa shape index (κ2) is 3.35. The first kappa shape index (κ1) is 8.52. The summed E-state index contributed by atoms with van der Waals surface area (Å²) in [5.74, 6) is 0. The monoisotopic (exact) mass is 168 g/mol. The lowest BCUT2D eigenvalue weighted by Gasteiger charge is -2.47. The van der Waals surface area contributed by atoms with E-state index in [2.05, 4.69) is 24.1 Å². The van der Waals surface area contributed by atoms with Crippen LogP contribution < -0.4 is 5.32 Å². The molecule has 2 saturated heterocycles. The second-order valence-electron chi connectivity index (χ2n) is 4.32. The Morgan fingerprint density at radius 2 is 2.08 bits per heavy atom. The second-order valence-corrected chi connectivity index (χ2v) is 4.32. The van der Waals surface area contributed by atoms with Gasteiger partial charge in [-0.15, -0.1) is 0 Å². The van der Waals surface area contributed by atoms with E-state index in [0.717, 1.165) is 12.1 Å². The minimum Gasteiger partial charge on any atom is -0.311 e. The van der Waals surface area contributed by atoms with E-state index in [-0.39, 0.29) is 0 Å². The van der Waals surface area contributed by atoms with Gasteiger partial charge in [0.05, 0.1) is 0 Å². The molecule has 2 fully saturated rings. The zero-order valence-corrected chi connectivity index (χ0v) is 8.21. The number of nitrogens with zero attached hydrogens (tertiary/aromatic N) is 1. The van der Waals surface area contributed by atoms with Crippen molar-refractivity contribution in [2.24, 2.45) is 0 Å². The molecule has 0 radical (unpaired) electrons. The molecule has 0 aromatic rings. The fourth-order valence-electron chi connectivity index (χ4n) is 2.56. The Kier molecular flexibility index (Phi) is 2.37. The van der Waals surface area contributed by atoms with Crippen LogP contribution in [0.2, 0.25) is 0 Å². The lowest BCUT2D eigenvalue weighted by molar-refractivity contribution is 0.0499. The molecule has 70 valence electrons. The Labute approximate surface area is 75.3 Å². The minimum atomic E-state index is 0.680. The molecule has 1 N–H and O–H groups in total. The van der Waals surface area contributed by atoms with Crippen LogP contribution in [0.4, 0.5) is 0 Å². The number of hydrogen-bond donors (Lipinski definition) is 1. The smallest absolute Gasteiger partial charge is 0.0224 e. The summed E-state index contributed by atoms with van der Waals surface area (Å²) >= 11 is 0. The lowest BCUT2D eigenvalue weighted by Crippen LogP contribution is -2.61. The molecule has 0 aromatic carbocycles. The van der Waals surface area contributed by atoms with Crippen LogP contribution in [-0.2, 0) is 0 Å². The van der Waals surface area contributed by atoms with Crippen LogP contribution >= 0.6 is 0 Å². The fraction of sp³-hybridized carbons (Fsp3) is 1.00. The Balaban J connectivity index is 2.03. The highest BCUT2D eigenvalue weighted by Crippen LogP contribution is 2.23. The molecule has 0 bridgehead atoms. The van der Waals surface area contributed by atoms with E-state index in [4.69, 9.17) is 0 Å². The van der Waals surface area contributed by atoms with E-state index < -0.39 is 0 Å². The van der Waals surface area contributed by atoms with Crippen LogP contribution in [0.15, 0.2) is 0 Å². The number of nitrogens with one attached hydrogen (secondary N) is 1. The molecule has 2 nitrogen and oxygen atoms in total. The SMILES string of the molecule is CC1NCC2CCCCN2C1C. The van der Waals surface area contributed by atoms with E-state index in [1.54, 1.807) is 0 Å². The summed E-state index contributed by atoms with van der Waals surface area (Å²) in [7, 11) is 0. The highest BCUT2D eigenvalue weighted by molar-refractivity contribution is 4.91. The van der Waals surface area contributed by atoms with E-state index in [0.29, 0.717) is 6.04 Å². The van der Waals surface area contributed by atoms with Gasteiger partial charge < -0.3 is 5.32 Å². The first-order valence-corrected chi connectivity index (χ1v) is 5.28. The van der Waals surface area contributed by atoms with Crippen molar-refractivity contribution in [1.82, 2.24) is 10.2 Å². The number of rotatable bonds is 0. The zero-order valence-electron chi connectivity index (χ0n) is 8.21. The molecule has 0 aromatic heterocycles. The molecule has 2 aliphatic rings. The molecule has 0 amide bonds. The largest absolute Gasteiger partial charge is 0.311 e. The van der Waals surface area contributed by atoms with Crippen molar-refractivity contribution in [3.8, 4) is 0 Å². The van der Waals surface area contributed by atoms with Crippen molar-refractivity contribution in [3.63, 3.8) is 0 Å². The van der Waals surface area contributed by atoms with Crippen LogP contribution in [-0.4, -0.2) is 36.1 Å². The summed E-state index contributed by atoms with van der Waals surface area (Å²) < 4.78 is 0. The standard InChI is InChI=1S/C10H20N2/c1-8-9(2)12-6-4-3-5-10(12)7-11-8/h8-11H,3-7H2,1-2H3. The third-order valence-electron chi connectivity index (χ3n) is 3.59. The number of piperidine rings is 1. The van der Waals surface area contributed by atoms with Crippen molar-refractivity contribution in [2.75, 3.05) is 13.1 Å². The Bertz CT molecular complexity index is 156. The molecule has 3 atom stereocenters. The third-order valence-corrected chi connectivity index (χ3v) is 3.59. The number of fused-ring (bicyclic) bond motifs is 1. The molecule has 3 unspecified atom stereocenters. The van der Waals surface area contributed by atoms with E-state index in [1.165, 1.54) is 32.4 Å². The van der Waals surface area contributed by atoms with Gasteiger partial charge in [0.2, 0.25) is 0 Å². The molecule has 0 saturated carbocycles. The molecule has 2 heterocycles. The van der Waals surface area contributed by atoms with Gasteiger partial charge in [0.1, 0.15) is 0 Å². The average molecular weight is 168 g/mol. The summed E-state index contributed by atoms with van der Waals surface area (Å²) in [6.45, 7) is 7.20. The van der Waals surface area contributed by atoms with Gasteiger partial charge in [-0.1, -0.05) is 6.42 Å². The van der Waals surface area contributed by atoms with Crippen molar-refractivity contribution in [3.05, 3.63) is 0 Å². The summed E-state index contributed by atoms with van der Waals surface area (Å²) in [6, 6.07) is 2.26. The predicted octanol–water partition coefficient (Wildman–Crippen LogP) is 1.22. The topological polar surface area (TPSA) is 15.3 Å². The molecule has 2 aliphatic heterocycles. The lowest BCUT2D eigenvalue weighted by atomic mass is 9.94. The van der Waals surface area contributed by atoms with Gasteiger partial charge in [-0.05, 0) is 33.2 Å². The predicted molar refractivity (Wildman–Crippen MR) is 51.3 cm³/mol. The third kappa shape index (κ3) is 1.38. The van der Waals surface area contributed by atoms with Crippen molar-refractivity contribution >= 4 is 0 Å². The van der Waals surface area contributed by atoms with Crippen LogP contribution in [0.25, 0.3) is 0 Å². The van der Waals surface area contributed by atoms with Crippen LogP contribution in [0.5, 0.6) is 0 Å². The van der Waals surface area contributed by atoms with Crippen molar-refractivity contribution < 1.29 is 0 Å². The maximum absolute atomic E-state index is 3.59. The van der Waals surface area contributed by atoms with Crippen LogP contribution in [0.3, 0.4) is 0 Å². The molecule has 2 rings (SSSR count). The average Bonchev–Trinajstić information content (AvgIpc) is 2.12. The molecule has 0 aliphatic carbocycles. The minimum absolute atomic E-state index is 0.680. The molecule has 12 heavy (non-hydrogen) atoms. The highest BCUT2D eigenvalue weighted by Gasteiger charge is 2.32. The van der Waals surface area contributed by atoms with Gasteiger partial charge in [-0.25, -0.2) is 0 Å². The van der Waals surface area contributed by atoms with Gasteiger partial charge in [0.15, 0.2) is 0 Å². The van der Waals surface area contributed by atoms with Gasteiger partial charge in [-0.3, -0.25) is 4.90 Å². The quantitative estimate of drug-likeness (QED) is 0.585. The van der Waals surface area contributed by atoms with Crippen molar-refractivity contribution in [2.45, 2.75) is 51.2 Å². The normalized spacial score (nSPS) is 44.0. The summed E-state index contributed by atoms with van der Waals surface area (Å²) in [5.41, 5.74) is 0. The van der Waals surface area contributed by atoms with Crippen LogP contribution in [0, 0.1) is 0 Å². The summed E-state index contributed by atoms with van der Waals surface area (Å²) in [4.78, 5) is 2.70. The van der Waals surface area contributed by atoms with E-state index >= 15 is 0 Å². The Morgan fingerprint density at radius 1 is 1.25 bits per heavy atom. The summed E-state index contributed by atoms with van der Waals surface area (Å²) in [6.07, 6.45) is 4.25. The van der Waals surface area contributed by atoms with E-state index in [1.807, 2.05) is 0 Å². The molecular weight excluding hydrogens is 148 g/mol. The maximum Gasteiger partial charge on any atom is 0.0224 e. The van der Waals surface area contributed by atoms with Crippen LogP contribution in [0.1, 0.15) is 33.1 Å². The number of piperazine rings is 1. The molecule has 0 spiro atoms. The molecule has 2 heteroatoms. The molecular formula is C10H20N2. The Hall–Kier alpha value is -0.0800. The van der Waals surface area contributed by atoms with Gasteiger partial charge in [0.25, 0.3) is 0 Å². The summed E-state index contributed by atoms with van der Waals surface area (Å²) in [5, 5.41) is 3.59. The van der Waals surface area contributed by atoms with Crippen molar-refractivity contribution in [1.29, 1.82) is 0 Å². The van der Waals surface area contributed by atoms with Gasteiger partial charge in [-0.2, -0.15) is 0 Å². The fourth-order valence-corrected chi connectivity index (χ4v) is 2.56. The first-order valence-electron chi connectivity index (χ1n) is 5.28. The highest BCUT2D eigenvalue weighted by atomic mass is 15.3. The van der Waals surface area contributed by atoms with Gasteiger partial charge in [0, 0.05) is 24.7 Å². The maximum atomic E-state index is 3.59. The first-order chi connectivity index (χ1) is 5.79. The number of hydrogen-bond acceptors (Lipinski definition) is 2. The van der Waals surface area contributed by atoms with E-state index in [9.17, 15) is 0 Å². The van der Waals surface area contributed by atoms with Gasteiger partial charge >= 0.3 is 0 Å². The zero-order chi connectivity index (χ0) is 8.55.